The SMILES string of the molecule is C=CCC[C@H](N)c1cncc(F)c1. The number of nitrogens with zero attached hydrogens (tertiary/aromatic N) is 1. The summed E-state index contributed by atoms with van der Waals surface area (Å²) in [5, 5.41) is 0. The molecule has 0 aromatic carbocycles. The summed E-state index contributed by atoms with van der Waals surface area (Å²) in [6.07, 6.45) is 6.17. The average molecular weight is 180 g/mol. The van der Waals surface area contributed by atoms with Gasteiger partial charge in [-0.05, 0) is 24.5 Å². The minimum Gasteiger partial charge on any atom is -0.324 e. The van der Waals surface area contributed by atoms with Gasteiger partial charge in [-0.25, -0.2) is 4.39 Å². The molecule has 2 N–H and O–H groups in total. The van der Waals surface area contributed by atoms with Gasteiger partial charge in [-0.2, -0.15) is 0 Å². The minimum absolute atomic E-state index is 0.152. The maximum atomic E-state index is 12.7. The first-order valence-electron chi connectivity index (χ1n) is 4.21. The van der Waals surface area contributed by atoms with Crippen LogP contribution in [0.4, 0.5) is 4.39 Å². The zero-order valence-electron chi connectivity index (χ0n) is 7.41. The van der Waals surface area contributed by atoms with E-state index in [1.54, 1.807) is 12.3 Å². The molecule has 0 aliphatic rings. The van der Waals surface area contributed by atoms with Gasteiger partial charge in [0.25, 0.3) is 0 Å². The Bertz CT molecular complexity index is 286. The molecule has 0 bridgehead atoms. The number of nitrogens with two attached hydrogens (primary N) is 1. The van der Waals surface area contributed by atoms with Crippen LogP contribution in [-0.4, -0.2) is 4.98 Å². The van der Waals surface area contributed by atoms with E-state index in [1.807, 2.05) is 0 Å². The van der Waals surface area contributed by atoms with E-state index in [-0.39, 0.29) is 11.9 Å². The number of hydrogen-bond acceptors (Lipinski definition) is 2. The van der Waals surface area contributed by atoms with E-state index in [0.29, 0.717) is 0 Å². The predicted octanol–water partition coefficient (Wildman–Crippen LogP) is 2.19. The first-order chi connectivity index (χ1) is 6.24. The van der Waals surface area contributed by atoms with Crippen molar-refractivity contribution in [3.63, 3.8) is 0 Å². The molecule has 0 aliphatic heterocycles. The van der Waals surface area contributed by atoms with Gasteiger partial charge < -0.3 is 5.73 Å². The summed E-state index contributed by atoms with van der Waals surface area (Å²) in [7, 11) is 0. The summed E-state index contributed by atoms with van der Waals surface area (Å²) in [5.74, 6) is -0.341. The monoisotopic (exact) mass is 180 g/mol. The number of allylic oxidation sites excluding steroid dienone is 1. The summed E-state index contributed by atoms with van der Waals surface area (Å²) < 4.78 is 12.7. The number of hydrogen-bond donors (Lipinski definition) is 1. The fourth-order valence-electron chi connectivity index (χ4n) is 1.10. The van der Waals surface area contributed by atoms with Gasteiger partial charge >= 0.3 is 0 Å². The van der Waals surface area contributed by atoms with E-state index < -0.39 is 0 Å². The highest BCUT2D eigenvalue weighted by Crippen LogP contribution is 2.15. The third-order valence-corrected chi connectivity index (χ3v) is 1.84. The van der Waals surface area contributed by atoms with E-state index in [4.69, 9.17) is 5.73 Å². The standard InChI is InChI=1S/C10H13FN2/c1-2-3-4-10(12)8-5-9(11)7-13-6-8/h2,5-7,10H,1,3-4,12H2/t10-/m0/s1. The van der Waals surface area contributed by atoms with Crippen LogP contribution in [0.3, 0.4) is 0 Å². The van der Waals surface area contributed by atoms with Crippen molar-refractivity contribution in [1.82, 2.24) is 4.98 Å². The van der Waals surface area contributed by atoms with Crippen LogP contribution in [0.1, 0.15) is 24.4 Å². The third-order valence-electron chi connectivity index (χ3n) is 1.84. The van der Waals surface area contributed by atoms with Crippen LogP contribution < -0.4 is 5.73 Å². The second-order valence-electron chi connectivity index (χ2n) is 2.91. The molecule has 1 heterocycles. The molecule has 1 aromatic rings. The van der Waals surface area contributed by atoms with Gasteiger partial charge in [0.2, 0.25) is 0 Å². The molecule has 1 aromatic heterocycles. The Kier molecular flexibility index (Phi) is 3.58. The number of rotatable bonds is 4. The predicted molar refractivity (Wildman–Crippen MR) is 50.6 cm³/mol. The van der Waals surface area contributed by atoms with Crippen molar-refractivity contribution in [3.05, 3.63) is 42.5 Å². The summed E-state index contributed by atoms with van der Waals surface area (Å²) in [4.78, 5) is 3.73. The van der Waals surface area contributed by atoms with E-state index in [0.717, 1.165) is 18.4 Å². The highest BCUT2D eigenvalue weighted by Gasteiger charge is 2.05. The van der Waals surface area contributed by atoms with Gasteiger partial charge in [-0.3, -0.25) is 4.98 Å². The van der Waals surface area contributed by atoms with Crippen molar-refractivity contribution in [1.29, 1.82) is 0 Å². The summed E-state index contributed by atoms with van der Waals surface area (Å²) in [6.45, 7) is 3.60. The number of aromatic nitrogens is 1. The fraction of sp³-hybridized carbons (Fsp3) is 0.300. The van der Waals surface area contributed by atoms with E-state index >= 15 is 0 Å². The quantitative estimate of drug-likeness (QED) is 0.721. The molecule has 1 atom stereocenters. The molecule has 3 heteroatoms. The fourth-order valence-corrected chi connectivity index (χ4v) is 1.10. The zero-order chi connectivity index (χ0) is 9.68. The normalized spacial score (nSPS) is 12.5. The summed E-state index contributed by atoms with van der Waals surface area (Å²) in [5.41, 5.74) is 6.53. The van der Waals surface area contributed by atoms with Crippen LogP contribution in [0.2, 0.25) is 0 Å². The Balaban J connectivity index is 2.65. The lowest BCUT2D eigenvalue weighted by molar-refractivity contribution is 0.603. The Morgan fingerprint density at radius 2 is 2.38 bits per heavy atom. The maximum Gasteiger partial charge on any atom is 0.141 e. The van der Waals surface area contributed by atoms with Crippen molar-refractivity contribution in [2.45, 2.75) is 18.9 Å². The molecule has 0 spiro atoms. The highest BCUT2D eigenvalue weighted by molar-refractivity contribution is 5.14. The first kappa shape index (κ1) is 9.86. The number of pyridine rings is 1. The Hall–Kier alpha value is -1.22. The van der Waals surface area contributed by atoms with Crippen molar-refractivity contribution in [3.8, 4) is 0 Å². The van der Waals surface area contributed by atoms with Crippen molar-refractivity contribution in [2.24, 2.45) is 5.73 Å². The third kappa shape index (κ3) is 2.95. The first-order valence-corrected chi connectivity index (χ1v) is 4.21. The average Bonchev–Trinajstić information content (AvgIpc) is 2.14. The lowest BCUT2D eigenvalue weighted by atomic mass is 10.1. The van der Waals surface area contributed by atoms with Gasteiger partial charge in [-0.1, -0.05) is 6.08 Å². The molecule has 2 nitrogen and oxygen atoms in total. The second kappa shape index (κ2) is 4.72. The van der Waals surface area contributed by atoms with Crippen molar-refractivity contribution < 1.29 is 4.39 Å². The van der Waals surface area contributed by atoms with E-state index in [1.165, 1.54) is 12.3 Å². The van der Waals surface area contributed by atoms with Crippen LogP contribution in [0.5, 0.6) is 0 Å². The number of halogens is 1. The van der Waals surface area contributed by atoms with Gasteiger partial charge in [0.05, 0.1) is 6.20 Å². The smallest absolute Gasteiger partial charge is 0.141 e. The largest absolute Gasteiger partial charge is 0.324 e. The molecular formula is C10H13FN2. The summed E-state index contributed by atoms with van der Waals surface area (Å²) in [6, 6.07) is 1.27. The topological polar surface area (TPSA) is 38.9 Å². The highest BCUT2D eigenvalue weighted by atomic mass is 19.1. The van der Waals surface area contributed by atoms with Gasteiger partial charge in [-0.15, -0.1) is 6.58 Å². The van der Waals surface area contributed by atoms with E-state index in [9.17, 15) is 4.39 Å². The van der Waals surface area contributed by atoms with Crippen LogP contribution in [0.15, 0.2) is 31.1 Å². The molecule has 0 saturated carbocycles. The Morgan fingerprint density at radius 1 is 1.62 bits per heavy atom. The minimum atomic E-state index is -0.341. The molecule has 0 unspecified atom stereocenters. The zero-order valence-corrected chi connectivity index (χ0v) is 7.41. The molecule has 0 aliphatic carbocycles. The molecule has 13 heavy (non-hydrogen) atoms. The van der Waals surface area contributed by atoms with Gasteiger partial charge in [0.1, 0.15) is 5.82 Å². The molecule has 70 valence electrons. The Labute approximate surface area is 77.3 Å². The van der Waals surface area contributed by atoms with E-state index in [2.05, 4.69) is 11.6 Å². The Morgan fingerprint density at radius 3 is 3.00 bits per heavy atom. The van der Waals surface area contributed by atoms with Gasteiger partial charge in [0.15, 0.2) is 0 Å². The van der Waals surface area contributed by atoms with Crippen LogP contribution >= 0.6 is 0 Å². The molecular weight excluding hydrogens is 167 g/mol. The second-order valence-corrected chi connectivity index (χ2v) is 2.91. The van der Waals surface area contributed by atoms with Crippen molar-refractivity contribution in [2.75, 3.05) is 0 Å². The molecule has 1 rings (SSSR count). The van der Waals surface area contributed by atoms with Crippen LogP contribution in [-0.2, 0) is 0 Å². The summed E-state index contributed by atoms with van der Waals surface area (Å²) >= 11 is 0. The van der Waals surface area contributed by atoms with Crippen LogP contribution in [0, 0.1) is 5.82 Å². The maximum absolute atomic E-state index is 12.7. The lowest BCUT2D eigenvalue weighted by Crippen LogP contribution is -2.10. The molecule has 0 amide bonds. The lowest BCUT2D eigenvalue weighted by Gasteiger charge is -2.09. The molecule has 0 saturated heterocycles. The van der Waals surface area contributed by atoms with Crippen molar-refractivity contribution >= 4 is 0 Å². The van der Waals surface area contributed by atoms with Gasteiger partial charge in [0, 0.05) is 12.2 Å². The van der Waals surface area contributed by atoms with Crippen LogP contribution in [0.25, 0.3) is 0 Å². The molecule has 0 radical (unpaired) electrons. The molecule has 0 fully saturated rings.